The van der Waals surface area contributed by atoms with Gasteiger partial charge in [0.05, 0.1) is 6.10 Å². The summed E-state index contributed by atoms with van der Waals surface area (Å²) in [5, 5.41) is 0. The van der Waals surface area contributed by atoms with Crippen molar-refractivity contribution in [3.8, 4) is 0 Å². The normalized spacial score (nSPS) is 23.0. The summed E-state index contributed by atoms with van der Waals surface area (Å²) < 4.78 is 5.85. The zero-order valence-corrected chi connectivity index (χ0v) is 13.7. The van der Waals surface area contributed by atoms with Crippen LogP contribution in [0, 0.1) is 6.92 Å². The number of ether oxygens (including phenoxy) is 1. The molecule has 0 spiro atoms. The van der Waals surface area contributed by atoms with E-state index in [1.54, 1.807) is 0 Å². The highest BCUT2D eigenvalue weighted by molar-refractivity contribution is 5.25. The van der Waals surface area contributed by atoms with E-state index in [0.717, 1.165) is 26.1 Å². The van der Waals surface area contributed by atoms with Gasteiger partial charge in [0, 0.05) is 25.2 Å². The van der Waals surface area contributed by atoms with E-state index in [1.165, 1.54) is 24.0 Å². The average molecular weight is 290 g/mol. The molecule has 0 saturated carbocycles. The van der Waals surface area contributed by atoms with Gasteiger partial charge >= 0.3 is 0 Å². The third kappa shape index (κ3) is 4.29. The first-order valence-corrected chi connectivity index (χ1v) is 8.33. The second-order valence-corrected chi connectivity index (χ2v) is 6.14. The Hall–Kier alpha value is -0.900. The van der Waals surface area contributed by atoms with Gasteiger partial charge in [0.2, 0.25) is 0 Å². The van der Waals surface area contributed by atoms with Crippen molar-refractivity contribution < 1.29 is 4.74 Å². The lowest BCUT2D eigenvalue weighted by molar-refractivity contribution is -0.0116. The number of nitrogens with zero attached hydrogens (tertiary/aromatic N) is 1. The van der Waals surface area contributed by atoms with E-state index < -0.39 is 0 Å². The van der Waals surface area contributed by atoms with Gasteiger partial charge in [-0.1, -0.05) is 36.8 Å². The van der Waals surface area contributed by atoms with Crippen molar-refractivity contribution >= 4 is 0 Å². The first kappa shape index (κ1) is 16.5. The summed E-state index contributed by atoms with van der Waals surface area (Å²) in [5.41, 5.74) is 9.09. The molecule has 3 atom stereocenters. The Labute approximate surface area is 129 Å². The molecule has 1 heterocycles. The molecule has 118 valence electrons. The molecule has 0 aromatic heterocycles. The van der Waals surface area contributed by atoms with E-state index in [-0.39, 0.29) is 6.04 Å². The van der Waals surface area contributed by atoms with E-state index in [2.05, 4.69) is 49.9 Å². The fourth-order valence-corrected chi connectivity index (χ4v) is 3.31. The van der Waals surface area contributed by atoms with Crippen molar-refractivity contribution in [3.05, 3.63) is 35.4 Å². The molecule has 1 aromatic rings. The number of benzene rings is 1. The molecule has 3 heteroatoms. The van der Waals surface area contributed by atoms with Gasteiger partial charge in [0.15, 0.2) is 0 Å². The fourth-order valence-electron chi connectivity index (χ4n) is 3.31. The monoisotopic (exact) mass is 290 g/mol. The predicted octanol–water partition coefficient (Wildman–Crippen LogP) is 3.27. The van der Waals surface area contributed by atoms with Crippen LogP contribution in [0.25, 0.3) is 0 Å². The quantitative estimate of drug-likeness (QED) is 0.874. The van der Waals surface area contributed by atoms with Crippen molar-refractivity contribution in [1.29, 1.82) is 0 Å². The predicted molar refractivity (Wildman–Crippen MR) is 88.4 cm³/mol. The zero-order chi connectivity index (χ0) is 15.2. The summed E-state index contributed by atoms with van der Waals surface area (Å²) in [6.45, 7) is 9.30. The number of aryl methyl sites for hydroxylation is 1. The molecule has 0 amide bonds. The molecule has 1 aliphatic heterocycles. The molecule has 3 nitrogen and oxygen atoms in total. The number of hydrogen-bond acceptors (Lipinski definition) is 3. The van der Waals surface area contributed by atoms with Crippen LogP contribution in [0.15, 0.2) is 24.3 Å². The first-order chi connectivity index (χ1) is 10.2. The number of likely N-dealkylation sites (tertiary alicyclic amines) is 1. The third-order valence-electron chi connectivity index (χ3n) is 4.50. The molecule has 1 aromatic carbocycles. The van der Waals surface area contributed by atoms with E-state index >= 15 is 0 Å². The molecule has 0 aliphatic carbocycles. The van der Waals surface area contributed by atoms with Gasteiger partial charge < -0.3 is 10.5 Å². The summed E-state index contributed by atoms with van der Waals surface area (Å²) in [6.07, 6.45) is 3.73. The van der Waals surface area contributed by atoms with E-state index in [4.69, 9.17) is 10.5 Å². The summed E-state index contributed by atoms with van der Waals surface area (Å²) >= 11 is 0. The van der Waals surface area contributed by atoms with Crippen LogP contribution < -0.4 is 5.73 Å². The van der Waals surface area contributed by atoms with Crippen LogP contribution in [-0.2, 0) is 4.74 Å². The smallest absolute Gasteiger partial charge is 0.0702 e. The van der Waals surface area contributed by atoms with Crippen LogP contribution in [0.2, 0.25) is 0 Å². The molecule has 0 radical (unpaired) electrons. The van der Waals surface area contributed by atoms with Crippen molar-refractivity contribution in [2.24, 2.45) is 5.73 Å². The lowest BCUT2D eigenvalue weighted by atomic mass is 9.93. The standard InChI is InChI=1S/C18H30N2O/c1-4-17(19)18(15-10-8-14(3)9-11-15)20-12-6-7-16(13-20)21-5-2/h8-11,16-18H,4-7,12-13,19H2,1-3H3. The maximum atomic E-state index is 6.46. The Bertz CT molecular complexity index is 416. The number of nitrogens with two attached hydrogens (primary N) is 1. The van der Waals surface area contributed by atoms with Crippen molar-refractivity contribution in [1.82, 2.24) is 4.90 Å². The zero-order valence-electron chi connectivity index (χ0n) is 13.7. The van der Waals surface area contributed by atoms with Crippen LogP contribution in [0.3, 0.4) is 0 Å². The highest BCUT2D eigenvalue weighted by Crippen LogP contribution is 2.29. The van der Waals surface area contributed by atoms with Crippen molar-refractivity contribution in [3.63, 3.8) is 0 Å². The highest BCUT2D eigenvalue weighted by atomic mass is 16.5. The van der Waals surface area contributed by atoms with Crippen molar-refractivity contribution in [2.45, 2.75) is 58.2 Å². The van der Waals surface area contributed by atoms with Gasteiger partial charge in [0.25, 0.3) is 0 Å². The van der Waals surface area contributed by atoms with Crippen molar-refractivity contribution in [2.75, 3.05) is 19.7 Å². The topological polar surface area (TPSA) is 38.5 Å². The van der Waals surface area contributed by atoms with E-state index in [1.807, 2.05) is 0 Å². The Balaban J connectivity index is 2.17. The third-order valence-corrected chi connectivity index (χ3v) is 4.50. The molecule has 1 saturated heterocycles. The molecule has 21 heavy (non-hydrogen) atoms. The molecular formula is C18H30N2O. The lowest BCUT2D eigenvalue weighted by Crippen LogP contribution is -2.47. The van der Waals surface area contributed by atoms with Crippen LogP contribution in [0.4, 0.5) is 0 Å². The second-order valence-electron chi connectivity index (χ2n) is 6.14. The Morgan fingerprint density at radius 2 is 2.00 bits per heavy atom. The van der Waals surface area contributed by atoms with E-state index in [0.29, 0.717) is 12.1 Å². The van der Waals surface area contributed by atoms with Crippen LogP contribution in [0.5, 0.6) is 0 Å². The van der Waals surface area contributed by atoms with Gasteiger partial charge in [0.1, 0.15) is 0 Å². The number of rotatable bonds is 6. The summed E-state index contributed by atoms with van der Waals surface area (Å²) in [6, 6.07) is 9.33. The summed E-state index contributed by atoms with van der Waals surface area (Å²) in [4.78, 5) is 2.53. The summed E-state index contributed by atoms with van der Waals surface area (Å²) in [5.74, 6) is 0. The minimum atomic E-state index is 0.174. The summed E-state index contributed by atoms with van der Waals surface area (Å²) in [7, 11) is 0. The minimum absolute atomic E-state index is 0.174. The van der Waals surface area contributed by atoms with Crippen LogP contribution in [0.1, 0.15) is 50.3 Å². The van der Waals surface area contributed by atoms with Gasteiger partial charge in [-0.05, 0) is 45.2 Å². The largest absolute Gasteiger partial charge is 0.377 e. The minimum Gasteiger partial charge on any atom is -0.377 e. The Morgan fingerprint density at radius 1 is 1.29 bits per heavy atom. The Kier molecular flexibility index (Phi) is 6.22. The second kappa shape index (κ2) is 7.92. The molecule has 3 unspecified atom stereocenters. The first-order valence-electron chi connectivity index (χ1n) is 8.33. The molecule has 0 bridgehead atoms. The molecular weight excluding hydrogens is 260 g/mol. The fraction of sp³-hybridized carbons (Fsp3) is 0.667. The Morgan fingerprint density at radius 3 is 2.62 bits per heavy atom. The molecule has 2 N–H and O–H groups in total. The van der Waals surface area contributed by atoms with Gasteiger partial charge in [-0.2, -0.15) is 0 Å². The van der Waals surface area contributed by atoms with Gasteiger partial charge in [-0.3, -0.25) is 4.90 Å². The van der Waals surface area contributed by atoms with E-state index in [9.17, 15) is 0 Å². The van der Waals surface area contributed by atoms with Gasteiger partial charge in [-0.25, -0.2) is 0 Å². The SMILES string of the molecule is CCOC1CCCN(C(c2ccc(C)cc2)C(N)CC)C1. The maximum absolute atomic E-state index is 6.46. The van der Waals surface area contributed by atoms with Crippen LogP contribution >= 0.6 is 0 Å². The molecule has 1 fully saturated rings. The highest BCUT2D eigenvalue weighted by Gasteiger charge is 2.30. The molecule has 2 rings (SSSR count). The van der Waals surface area contributed by atoms with Crippen LogP contribution in [-0.4, -0.2) is 36.7 Å². The number of piperidine rings is 1. The number of hydrogen-bond donors (Lipinski definition) is 1. The lowest BCUT2D eigenvalue weighted by Gasteiger charge is -2.40. The molecule has 1 aliphatic rings. The maximum Gasteiger partial charge on any atom is 0.0702 e. The van der Waals surface area contributed by atoms with Gasteiger partial charge in [-0.15, -0.1) is 0 Å². The average Bonchev–Trinajstić information content (AvgIpc) is 2.50.